The highest BCUT2D eigenvalue weighted by Crippen LogP contribution is 2.31. The van der Waals surface area contributed by atoms with E-state index in [1.807, 2.05) is 22.4 Å². The van der Waals surface area contributed by atoms with Crippen LogP contribution in [0.5, 0.6) is 0 Å². The van der Waals surface area contributed by atoms with Gasteiger partial charge in [0.1, 0.15) is 10.8 Å². The normalized spacial score (nSPS) is 14.8. The monoisotopic (exact) mass is 416 g/mol. The molecule has 1 aromatic carbocycles. The van der Waals surface area contributed by atoms with E-state index < -0.39 is 11.7 Å². The Balaban J connectivity index is 1.37. The molecule has 1 fully saturated rings. The third-order valence-electron chi connectivity index (χ3n) is 4.62. The minimum absolute atomic E-state index is 0.0654. The molecule has 0 unspecified atom stereocenters. The van der Waals surface area contributed by atoms with Crippen LogP contribution in [-0.4, -0.2) is 40.0 Å². The molecule has 0 saturated carbocycles. The molecule has 0 atom stereocenters. The average Bonchev–Trinajstić information content (AvgIpc) is 3.42. The van der Waals surface area contributed by atoms with Gasteiger partial charge in [0, 0.05) is 19.0 Å². The number of piperidine rings is 1. The van der Waals surface area contributed by atoms with Gasteiger partial charge in [-0.2, -0.15) is 0 Å². The van der Waals surface area contributed by atoms with Gasteiger partial charge in [-0.15, -0.1) is 21.5 Å². The van der Waals surface area contributed by atoms with Crippen molar-refractivity contribution in [1.29, 1.82) is 0 Å². The van der Waals surface area contributed by atoms with Crippen molar-refractivity contribution in [1.82, 2.24) is 15.1 Å². The maximum absolute atomic E-state index is 13.7. The number of carbonyl (C=O) groups is 2. The number of hydrogen-bond donors (Lipinski definition) is 1. The average molecular weight is 417 g/mol. The molecule has 6 nitrogen and oxygen atoms in total. The van der Waals surface area contributed by atoms with E-state index >= 15 is 0 Å². The van der Waals surface area contributed by atoms with Crippen molar-refractivity contribution in [3.05, 3.63) is 62.5 Å². The Morgan fingerprint density at radius 2 is 1.89 bits per heavy atom. The predicted octanol–water partition coefficient (Wildman–Crippen LogP) is 4.01. The van der Waals surface area contributed by atoms with Crippen LogP contribution >= 0.6 is 22.7 Å². The number of benzene rings is 1. The summed E-state index contributed by atoms with van der Waals surface area (Å²) in [5.74, 6) is -0.738. The van der Waals surface area contributed by atoms with Crippen molar-refractivity contribution < 1.29 is 14.0 Å². The van der Waals surface area contributed by atoms with Crippen molar-refractivity contribution in [2.24, 2.45) is 0 Å². The molecule has 0 bridgehead atoms. The third kappa shape index (κ3) is 3.95. The summed E-state index contributed by atoms with van der Waals surface area (Å²) in [5.41, 5.74) is 0.115. The summed E-state index contributed by atoms with van der Waals surface area (Å²) in [7, 11) is 0. The van der Waals surface area contributed by atoms with Crippen molar-refractivity contribution in [3.63, 3.8) is 0 Å². The molecular weight excluding hydrogens is 399 g/mol. The van der Waals surface area contributed by atoms with Crippen LogP contribution in [-0.2, 0) is 0 Å². The molecule has 3 aromatic rings. The Kier molecular flexibility index (Phi) is 5.45. The summed E-state index contributed by atoms with van der Waals surface area (Å²) in [6, 6.07) is 9.70. The number of rotatable bonds is 4. The number of para-hydroxylation sites is 1. The number of nitrogens with one attached hydrogen (secondary N) is 1. The van der Waals surface area contributed by atoms with Crippen LogP contribution in [0.3, 0.4) is 0 Å². The molecule has 1 aliphatic rings. The van der Waals surface area contributed by atoms with Gasteiger partial charge in [0.15, 0.2) is 0 Å². The van der Waals surface area contributed by atoms with E-state index in [0.717, 1.165) is 22.7 Å². The number of likely N-dealkylation sites (tertiary alicyclic amines) is 1. The maximum atomic E-state index is 13.7. The molecule has 4 rings (SSSR count). The molecule has 9 heteroatoms. The van der Waals surface area contributed by atoms with Crippen LogP contribution in [0.25, 0.3) is 0 Å². The summed E-state index contributed by atoms with van der Waals surface area (Å²) in [6.07, 6.45) is 1.56. The fourth-order valence-corrected chi connectivity index (χ4v) is 4.71. The Hall–Kier alpha value is -2.65. The Labute approximate surface area is 169 Å². The molecule has 0 aliphatic carbocycles. The highest BCUT2D eigenvalue weighted by molar-refractivity contribution is 7.13. The third-order valence-corrected chi connectivity index (χ3v) is 6.56. The molecule has 28 heavy (non-hydrogen) atoms. The van der Waals surface area contributed by atoms with Gasteiger partial charge >= 0.3 is 0 Å². The lowest BCUT2D eigenvalue weighted by Crippen LogP contribution is -2.37. The topological polar surface area (TPSA) is 75.2 Å². The lowest BCUT2D eigenvalue weighted by molar-refractivity contribution is 0.0717. The molecular formula is C19H17FN4O2S2. The Bertz CT molecular complexity index is 982. The predicted molar refractivity (Wildman–Crippen MR) is 106 cm³/mol. The van der Waals surface area contributed by atoms with Gasteiger partial charge in [-0.25, -0.2) is 4.39 Å². The molecule has 2 aromatic heterocycles. The van der Waals surface area contributed by atoms with Gasteiger partial charge in [0.25, 0.3) is 11.8 Å². The van der Waals surface area contributed by atoms with E-state index in [4.69, 9.17) is 0 Å². The summed E-state index contributed by atoms with van der Waals surface area (Å²) in [4.78, 5) is 27.3. The van der Waals surface area contributed by atoms with E-state index in [1.165, 1.54) is 34.8 Å². The zero-order chi connectivity index (χ0) is 19.5. The van der Waals surface area contributed by atoms with E-state index in [2.05, 4.69) is 15.5 Å². The number of anilines is 1. The van der Waals surface area contributed by atoms with Crippen LogP contribution in [0.1, 0.15) is 43.2 Å². The molecule has 1 N–H and O–H groups in total. The molecule has 3 heterocycles. The fraction of sp³-hybridized carbons (Fsp3) is 0.263. The number of aromatic nitrogens is 2. The quantitative estimate of drug-likeness (QED) is 0.697. The number of thiophene rings is 1. The minimum atomic E-state index is -0.497. The zero-order valence-electron chi connectivity index (χ0n) is 14.8. The Morgan fingerprint density at radius 3 is 2.61 bits per heavy atom. The van der Waals surface area contributed by atoms with Gasteiger partial charge in [0.2, 0.25) is 5.01 Å². The van der Waals surface area contributed by atoms with Crippen molar-refractivity contribution in [2.75, 3.05) is 18.4 Å². The molecule has 2 amide bonds. The largest absolute Gasteiger partial charge is 0.338 e. The molecule has 0 radical (unpaired) electrons. The molecule has 0 spiro atoms. The number of hydrogen-bond acceptors (Lipinski definition) is 6. The van der Waals surface area contributed by atoms with Crippen LogP contribution in [0, 0.1) is 5.82 Å². The number of nitrogens with zero attached hydrogens (tertiary/aromatic N) is 3. The van der Waals surface area contributed by atoms with Gasteiger partial charge in [-0.05, 0) is 36.4 Å². The van der Waals surface area contributed by atoms with Crippen LogP contribution in [0.15, 0.2) is 41.8 Å². The molecule has 1 aliphatic heterocycles. The summed E-state index contributed by atoms with van der Waals surface area (Å²) in [5, 5.41) is 13.5. The zero-order valence-corrected chi connectivity index (χ0v) is 16.4. The van der Waals surface area contributed by atoms with E-state index in [9.17, 15) is 14.0 Å². The lowest BCUT2D eigenvalue weighted by atomic mass is 9.97. The first kappa shape index (κ1) is 18.7. The first-order valence-electron chi connectivity index (χ1n) is 8.84. The first-order chi connectivity index (χ1) is 13.6. The van der Waals surface area contributed by atoms with Crippen LogP contribution in [0.2, 0.25) is 0 Å². The van der Waals surface area contributed by atoms with Gasteiger partial charge < -0.3 is 10.2 Å². The highest BCUT2D eigenvalue weighted by Gasteiger charge is 2.28. The van der Waals surface area contributed by atoms with Gasteiger partial charge in [0.05, 0.1) is 10.6 Å². The van der Waals surface area contributed by atoms with Gasteiger partial charge in [-0.3, -0.25) is 9.59 Å². The second-order valence-corrected chi connectivity index (χ2v) is 8.38. The number of amides is 2. The number of halogens is 1. The molecule has 144 valence electrons. The first-order valence-corrected chi connectivity index (χ1v) is 10.5. The van der Waals surface area contributed by atoms with E-state index in [1.54, 1.807) is 12.1 Å². The van der Waals surface area contributed by atoms with Crippen molar-refractivity contribution in [2.45, 2.75) is 18.8 Å². The standard InChI is InChI=1S/C19H17FN4O2S2/c20-13-4-1-2-5-14(13)21-16(25)18-23-22-17(28-18)12-7-9-24(10-8-12)19(26)15-6-3-11-27-15/h1-6,11-12H,7-10H2,(H,21,25). The smallest absolute Gasteiger partial charge is 0.286 e. The minimum Gasteiger partial charge on any atom is -0.338 e. The SMILES string of the molecule is O=C(Nc1ccccc1F)c1nnc(C2CCN(C(=O)c3cccs3)CC2)s1. The number of carbonyl (C=O) groups excluding carboxylic acids is 2. The van der Waals surface area contributed by atoms with Crippen LogP contribution in [0.4, 0.5) is 10.1 Å². The van der Waals surface area contributed by atoms with Crippen molar-refractivity contribution in [3.8, 4) is 0 Å². The van der Waals surface area contributed by atoms with Crippen LogP contribution < -0.4 is 5.32 Å². The maximum Gasteiger partial charge on any atom is 0.286 e. The second-order valence-electron chi connectivity index (χ2n) is 6.42. The molecule has 1 saturated heterocycles. The Morgan fingerprint density at radius 1 is 1.11 bits per heavy atom. The highest BCUT2D eigenvalue weighted by atomic mass is 32.1. The van der Waals surface area contributed by atoms with E-state index in [-0.39, 0.29) is 22.5 Å². The van der Waals surface area contributed by atoms with E-state index in [0.29, 0.717) is 13.1 Å². The lowest BCUT2D eigenvalue weighted by Gasteiger charge is -2.30. The fourth-order valence-electron chi connectivity index (χ4n) is 3.12. The summed E-state index contributed by atoms with van der Waals surface area (Å²) < 4.78 is 13.7. The summed E-state index contributed by atoms with van der Waals surface area (Å²) in [6.45, 7) is 1.30. The van der Waals surface area contributed by atoms with Crippen molar-refractivity contribution >= 4 is 40.2 Å². The second kappa shape index (κ2) is 8.15. The summed E-state index contributed by atoms with van der Waals surface area (Å²) >= 11 is 2.67. The van der Waals surface area contributed by atoms with Gasteiger partial charge in [-0.1, -0.05) is 29.5 Å².